The van der Waals surface area contributed by atoms with E-state index in [0.717, 1.165) is 12.8 Å². The van der Waals surface area contributed by atoms with Crippen molar-refractivity contribution in [1.82, 2.24) is 15.4 Å². The molecule has 1 atom stereocenters. The van der Waals surface area contributed by atoms with Crippen molar-refractivity contribution in [3.8, 4) is 0 Å². The number of urea groups is 1. The van der Waals surface area contributed by atoms with Crippen molar-refractivity contribution in [2.45, 2.75) is 32.2 Å². The van der Waals surface area contributed by atoms with E-state index in [9.17, 15) is 9.59 Å². The Morgan fingerprint density at radius 2 is 2.40 bits per heavy atom. The third-order valence-corrected chi connectivity index (χ3v) is 3.48. The second kappa shape index (κ2) is 6.93. The number of aromatic nitrogens is 1. The molecule has 0 bridgehead atoms. The third-order valence-electron chi connectivity index (χ3n) is 3.48. The lowest BCUT2D eigenvalue weighted by Crippen LogP contribution is -2.45. The van der Waals surface area contributed by atoms with Gasteiger partial charge in [0.1, 0.15) is 0 Å². The topological polar surface area (TPSA) is 95.7 Å². The molecule has 1 fully saturated rings. The predicted octanol–water partition coefficient (Wildman–Crippen LogP) is 1.46. The summed E-state index contributed by atoms with van der Waals surface area (Å²) in [6, 6.07) is 1.56. The molecule has 1 saturated heterocycles. The number of nitrogens with zero attached hydrogens (tertiary/aromatic N) is 2. The first-order valence-electron chi connectivity index (χ1n) is 6.79. The van der Waals surface area contributed by atoms with Gasteiger partial charge in [0.2, 0.25) is 0 Å². The molecule has 1 aliphatic heterocycles. The number of carbonyl (C=O) groups excluding carboxylic acids is 1. The van der Waals surface area contributed by atoms with Gasteiger partial charge in [-0.2, -0.15) is 0 Å². The first-order chi connectivity index (χ1) is 9.65. The Morgan fingerprint density at radius 1 is 1.55 bits per heavy atom. The Morgan fingerprint density at radius 3 is 3.10 bits per heavy atom. The van der Waals surface area contributed by atoms with E-state index in [4.69, 9.17) is 9.63 Å². The number of carboxylic acid groups (broad SMARTS) is 1. The Kier molecular flexibility index (Phi) is 4.97. The summed E-state index contributed by atoms with van der Waals surface area (Å²) in [6.45, 7) is 1.65. The van der Waals surface area contributed by atoms with Crippen LogP contribution in [0.25, 0.3) is 0 Å². The number of amides is 2. The van der Waals surface area contributed by atoms with Crippen molar-refractivity contribution in [2.24, 2.45) is 5.92 Å². The minimum atomic E-state index is -0.781. The molecule has 1 aromatic rings. The smallest absolute Gasteiger partial charge is 0.317 e. The molecule has 2 rings (SSSR count). The van der Waals surface area contributed by atoms with Crippen molar-refractivity contribution < 1.29 is 19.2 Å². The maximum atomic E-state index is 12.0. The predicted molar refractivity (Wildman–Crippen MR) is 69.9 cm³/mol. The molecule has 0 spiro atoms. The summed E-state index contributed by atoms with van der Waals surface area (Å²) in [7, 11) is 0. The number of hydrogen-bond donors (Lipinski definition) is 2. The fourth-order valence-corrected chi connectivity index (χ4v) is 2.42. The number of hydrogen-bond acceptors (Lipinski definition) is 4. The van der Waals surface area contributed by atoms with Crippen molar-refractivity contribution in [3.05, 3.63) is 18.0 Å². The zero-order valence-corrected chi connectivity index (χ0v) is 11.2. The summed E-state index contributed by atoms with van der Waals surface area (Å²) in [6.07, 6.45) is 4.23. The second-order valence-electron chi connectivity index (χ2n) is 5.02. The van der Waals surface area contributed by atoms with E-state index < -0.39 is 5.97 Å². The number of carboxylic acids is 1. The van der Waals surface area contributed by atoms with Crippen LogP contribution in [0.1, 0.15) is 31.4 Å². The van der Waals surface area contributed by atoms with Crippen molar-refractivity contribution >= 4 is 12.0 Å². The van der Waals surface area contributed by atoms with Crippen LogP contribution in [0, 0.1) is 5.92 Å². The fraction of sp³-hybridized carbons (Fsp3) is 0.615. The fourth-order valence-electron chi connectivity index (χ4n) is 2.42. The van der Waals surface area contributed by atoms with Gasteiger partial charge in [0.05, 0.1) is 12.7 Å². The van der Waals surface area contributed by atoms with E-state index in [0.29, 0.717) is 31.8 Å². The number of likely N-dealkylation sites (tertiary alicyclic amines) is 1. The molecule has 1 unspecified atom stereocenters. The summed E-state index contributed by atoms with van der Waals surface area (Å²) in [4.78, 5) is 24.3. The molecular formula is C13H19N3O4. The minimum Gasteiger partial charge on any atom is -0.481 e. The maximum absolute atomic E-state index is 12.0. The van der Waals surface area contributed by atoms with Gasteiger partial charge in [0, 0.05) is 25.6 Å². The highest BCUT2D eigenvalue weighted by atomic mass is 16.5. The summed E-state index contributed by atoms with van der Waals surface area (Å²) in [5, 5.41) is 15.0. The molecule has 0 saturated carbocycles. The Hall–Kier alpha value is -2.05. The molecule has 20 heavy (non-hydrogen) atoms. The van der Waals surface area contributed by atoms with E-state index in [1.54, 1.807) is 11.0 Å². The molecule has 0 radical (unpaired) electrons. The molecular weight excluding hydrogens is 262 g/mol. The third kappa shape index (κ3) is 4.25. The SMILES string of the molecule is O=C(O)CCC1CCCN(C(=O)NCc2ccno2)C1. The normalized spacial score (nSPS) is 18.8. The van der Waals surface area contributed by atoms with Crippen LogP contribution in [0.4, 0.5) is 4.79 Å². The first-order valence-corrected chi connectivity index (χ1v) is 6.79. The lowest BCUT2D eigenvalue weighted by molar-refractivity contribution is -0.137. The molecule has 0 aliphatic carbocycles. The van der Waals surface area contributed by atoms with Crippen LogP contribution < -0.4 is 5.32 Å². The second-order valence-corrected chi connectivity index (χ2v) is 5.02. The van der Waals surface area contributed by atoms with Gasteiger partial charge < -0.3 is 19.8 Å². The molecule has 7 nitrogen and oxygen atoms in total. The van der Waals surface area contributed by atoms with Crippen LogP contribution in [0.2, 0.25) is 0 Å². The number of piperidine rings is 1. The molecule has 7 heteroatoms. The van der Waals surface area contributed by atoms with Crippen LogP contribution >= 0.6 is 0 Å². The first kappa shape index (κ1) is 14.4. The average Bonchev–Trinajstić information content (AvgIpc) is 2.96. The van der Waals surface area contributed by atoms with Crippen LogP contribution in [-0.4, -0.2) is 40.3 Å². The lowest BCUT2D eigenvalue weighted by atomic mass is 9.93. The molecule has 1 aliphatic rings. The number of carbonyl (C=O) groups is 2. The van der Waals surface area contributed by atoms with Gasteiger partial charge >= 0.3 is 12.0 Å². The van der Waals surface area contributed by atoms with Crippen molar-refractivity contribution in [2.75, 3.05) is 13.1 Å². The van der Waals surface area contributed by atoms with Gasteiger partial charge in [-0.25, -0.2) is 4.79 Å². The number of rotatable bonds is 5. The Bertz CT molecular complexity index is 446. The number of nitrogens with one attached hydrogen (secondary N) is 1. The van der Waals surface area contributed by atoms with Gasteiger partial charge in [-0.15, -0.1) is 0 Å². The monoisotopic (exact) mass is 281 g/mol. The quantitative estimate of drug-likeness (QED) is 0.851. The van der Waals surface area contributed by atoms with Crippen LogP contribution in [0.5, 0.6) is 0 Å². The summed E-state index contributed by atoms with van der Waals surface area (Å²) >= 11 is 0. The molecule has 2 heterocycles. The highest BCUT2D eigenvalue weighted by molar-refractivity contribution is 5.74. The van der Waals surface area contributed by atoms with E-state index in [1.165, 1.54) is 6.20 Å². The van der Waals surface area contributed by atoms with Gasteiger partial charge in [0.15, 0.2) is 5.76 Å². The van der Waals surface area contributed by atoms with E-state index in [1.807, 2.05) is 0 Å². The van der Waals surface area contributed by atoms with Crippen LogP contribution in [-0.2, 0) is 11.3 Å². The van der Waals surface area contributed by atoms with Gasteiger partial charge in [0.25, 0.3) is 0 Å². The van der Waals surface area contributed by atoms with E-state index in [2.05, 4.69) is 10.5 Å². The summed E-state index contributed by atoms with van der Waals surface area (Å²) in [5.74, 6) is 0.102. The van der Waals surface area contributed by atoms with Crippen molar-refractivity contribution in [3.63, 3.8) is 0 Å². The highest BCUT2D eigenvalue weighted by Gasteiger charge is 2.23. The lowest BCUT2D eigenvalue weighted by Gasteiger charge is -2.32. The molecule has 2 amide bonds. The molecule has 0 aromatic carbocycles. The Labute approximate surface area is 116 Å². The van der Waals surface area contributed by atoms with Crippen molar-refractivity contribution in [1.29, 1.82) is 0 Å². The van der Waals surface area contributed by atoms with Gasteiger partial charge in [-0.3, -0.25) is 4.79 Å². The molecule has 110 valence electrons. The zero-order valence-electron chi connectivity index (χ0n) is 11.2. The van der Waals surface area contributed by atoms with Crippen LogP contribution in [0.15, 0.2) is 16.8 Å². The Balaban J connectivity index is 1.76. The van der Waals surface area contributed by atoms with Gasteiger partial charge in [-0.05, 0) is 25.2 Å². The van der Waals surface area contributed by atoms with E-state index >= 15 is 0 Å². The maximum Gasteiger partial charge on any atom is 0.317 e. The zero-order chi connectivity index (χ0) is 14.4. The summed E-state index contributed by atoms with van der Waals surface area (Å²) in [5.41, 5.74) is 0. The number of aliphatic carboxylic acids is 1. The van der Waals surface area contributed by atoms with Gasteiger partial charge in [-0.1, -0.05) is 5.16 Å². The van der Waals surface area contributed by atoms with E-state index in [-0.39, 0.29) is 18.4 Å². The average molecular weight is 281 g/mol. The largest absolute Gasteiger partial charge is 0.481 e. The molecule has 2 N–H and O–H groups in total. The standard InChI is InChI=1S/C13H19N3O4/c17-12(18)4-3-10-2-1-7-16(9-10)13(19)14-8-11-5-6-15-20-11/h5-6,10H,1-4,7-9H2,(H,14,19)(H,17,18). The minimum absolute atomic E-state index is 0.138. The van der Waals surface area contributed by atoms with Crippen LogP contribution in [0.3, 0.4) is 0 Å². The molecule has 1 aromatic heterocycles. The summed E-state index contributed by atoms with van der Waals surface area (Å²) < 4.78 is 4.91. The highest BCUT2D eigenvalue weighted by Crippen LogP contribution is 2.21.